The molecule has 0 saturated carbocycles. The van der Waals surface area contributed by atoms with Gasteiger partial charge in [0.2, 0.25) is 0 Å². The van der Waals surface area contributed by atoms with E-state index in [1.807, 2.05) is 42.5 Å². The molecule has 1 aliphatic carbocycles. The van der Waals surface area contributed by atoms with E-state index < -0.39 is 6.10 Å². The number of rotatable bonds is 3. The van der Waals surface area contributed by atoms with Gasteiger partial charge < -0.3 is 9.84 Å². The minimum absolute atomic E-state index is 0.207. The van der Waals surface area contributed by atoms with E-state index in [0.29, 0.717) is 12.8 Å². The monoisotopic (exact) mass is 228 g/mol. The first-order valence-corrected chi connectivity index (χ1v) is 5.81. The molecule has 0 radical (unpaired) electrons. The molecule has 0 heterocycles. The number of aliphatic hydroxyl groups is 1. The van der Waals surface area contributed by atoms with Crippen LogP contribution in [0.15, 0.2) is 42.5 Å². The molecule has 0 spiro atoms. The van der Waals surface area contributed by atoms with Gasteiger partial charge in [-0.3, -0.25) is 0 Å². The number of hydrogen-bond donors (Lipinski definition) is 1. The fraction of sp³-hybridized carbons (Fsp3) is 0.333. The normalized spacial score (nSPS) is 25.2. The van der Waals surface area contributed by atoms with E-state index in [1.54, 1.807) is 0 Å². The lowest BCUT2D eigenvalue weighted by atomic mass is 10.0. The van der Waals surface area contributed by atoms with Gasteiger partial charge in [-0.25, -0.2) is 0 Å². The van der Waals surface area contributed by atoms with E-state index in [0.717, 1.165) is 5.56 Å². The van der Waals surface area contributed by atoms with E-state index in [-0.39, 0.29) is 12.2 Å². The maximum Gasteiger partial charge on any atom is 0.143 e. The number of hydrogen-bond acceptors (Lipinski definition) is 2. The molecule has 0 aromatic heterocycles. The van der Waals surface area contributed by atoms with Crippen LogP contribution >= 0.6 is 0 Å². The van der Waals surface area contributed by atoms with Gasteiger partial charge in [-0.15, -0.1) is 6.42 Å². The first kappa shape index (κ1) is 11.9. The molecule has 0 bridgehead atoms. The Morgan fingerprint density at radius 2 is 1.94 bits per heavy atom. The van der Waals surface area contributed by atoms with Crippen LogP contribution in [-0.2, 0) is 4.74 Å². The smallest absolute Gasteiger partial charge is 0.143 e. The third kappa shape index (κ3) is 2.97. The van der Waals surface area contributed by atoms with Crippen molar-refractivity contribution in [1.82, 2.24) is 0 Å². The van der Waals surface area contributed by atoms with Crippen molar-refractivity contribution >= 4 is 0 Å². The minimum atomic E-state index is -0.459. The molecule has 1 aliphatic rings. The molecule has 2 nitrogen and oxygen atoms in total. The van der Waals surface area contributed by atoms with Crippen LogP contribution in [0.2, 0.25) is 0 Å². The zero-order valence-electron chi connectivity index (χ0n) is 9.62. The predicted molar refractivity (Wildman–Crippen MR) is 67.3 cm³/mol. The highest BCUT2D eigenvalue weighted by atomic mass is 16.5. The van der Waals surface area contributed by atoms with Crippen molar-refractivity contribution in [3.05, 3.63) is 48.0 Å². The quantitative estimate of drug-likeness (QED) is 0.636. The van der Waals surface area contributed by atoms with Crippen molar-refractivity contribution < 1.29 is 9.84 Å². The fourth-order valence-corrected chi connectivity index (χ4v) is 1.94. The Labute approximate surface area is 102 Å². The predicted octanol–water partition coefficient (Wildman–Crippen LogP) is 2.46. The summed E-state index contributed by atoms with van der Waals surface area (Å²) in [5, 5.41) is 9.82. The molecule has 0 saturated heterocycles. The van der Waals surface area contributed by atoms with Crippen LogP contribution in [0.5, 0.6) is 0 Å². The number of terminal acetylenes is 1. The van der Waals surface area contributed by atoms with Gasteiger partial charge in [0.15, 0.2) is 0 Å². The number of benzene rings is 1. The largest absolute Gasteiger partial charge is 0.390 e. The Kier molecular flexibility index (Phi) is 3.98. The number of aliphatic hydroxyl groups excluding tert-OH is 1. The maximum absolute atomic E-state index is 9.82. The third-order valence-corrected chi connectivity index (χ3v) is 2.91. The van der Waals surface area contributed by atoms with Crippen molar-refractivity contribution in [2.24, 2.45) is 0 Å². The van der Waals surface area contributed by atoms with Crippen molar-refractivity contribution in [1.29, 1.82) is 0 Å². The van der Waals surface area contributed by atoms with Gasteiger partial charge in [0.1, 0.15) is 6.10 Å². The lowest BCUT2D eigenvalue weighted by Gasteiger charge is -2.27. The summed E-state index contributed by atoms with van der Waals surface area (Å²) in [5.74, 6) is 2.63. The molecule has 1 unspecified atom stereocenters. The van der Waals surface area contributed by atoms with Gasteiger partial charge in [-0.1, -0.05) is 48.4 Å². The van der Waals surface area contributed by atoms with Crippen LogP contribution in [0.3, 0.4) is 0 Å². The SMILES string of the molecule is C#CC(O[C@H]1CC=CC[C@H]1O)c1ccccc1. The summed E-state index contributed by atoms with van der Waals surface area (Å²) in [5.41, 5.74) is 0.955. The second kappa shape index (κ2) is 5.67. The Balaban J connectivity index is 2.06. The summed E-state index contributed by atoms with van der Waals surface area (Å²) in [6.07, 6.45) is 9.78. The Hall–Kier alpha value is -1.56. The van der Waals surface area contributed by atoms with E-state index in [9.17, 15) is 5.11 Å². The van der Waals surface area contributed by atoms with Gasteiger partial charge in [0.05, 0.1) is 12.2 Å². The summed E-state index contributed by atoms with van der Waals surface area (Å²) >= 11 is 0. The standard InChI is InChI=1S/C15H16O2/c1-2-14(12-8-4-3-5-9-12)17-15-11-7-6-10-13(15)16/h1,3-9,13-16H,10-11H2/t13-,14?,15+/m1/s1. The maximum atomic E-state index is 9.82. The molecule has 0 aliphatic heterocycles. The van der Waals surface area contributed by atoms with Gasteiger partial charge >= 0.3 is 0 Å². The highest BCUT2D eigenvalue weighted by Gasteiger charge is 2.24. The molecule has 1 N–H and O–H groups in total. The van der Waals surface area contributed by atoms with Gasteiger partial charge in [-0.2, -0.15) is 0 Å². The van der Waals surface area contributed by atoms with E-state index >= 15 is 0 Å². The van der Waals surface area contributed by atoms with Gasteiger partial charge in [0.25, 0.3) is 0 Å². The minimum Gasteiger partial charge on any atom is -0.390 e. The first-order chi connectivity index (χ1) is 8.31. The Bertz CT molecular complexity index is 416. The lowest BCUT2D eigenvalue weighted by molar-refractivity contribution is -0.0594. The zero-order valence-corrected chi connectivity index (χ0v) is 9.62. The van der Waals surface area contributed by atoms with Crippen LogP contribution < -0.4 is 0 Å². The third-order valence-electron chi connectivity index (χ3n) is 2.91. The molecular formula is C15H16O2. The van der Waals surface area contributed by atoms with Crippen molar-refractivity contribution in [2.45, 2.75) is 31.2 Å². The molecule has 2 rings (SSSR count). The van der Waals surface area contributed by atoms with E-state index in [1.165, 1.54) is 0 Å². The van der Waals surface area contributed by atoms with Crippen molar-refractivity contribution in [3.63, 3.8) is 0 Å². The molecule has 2 heteroatoms. The average Bonchev–Trinajstić information content (AvgIpc) is 2.39. The van der Waals surface area contributed by atoms with Crippen LogP contribution in [0.4, 0.5) is 0 Å². The lowest BCUT2D eigenvalue weighted by Crippen LogP contribution is -2.31. The van der Waals surface area contributed by atoms with E-state index in [4.69, 9.17) is 11.2 Å². The molecule has 17 heavy (non-hydrogen) atoms. The summed E-state index contributed by atoms with van der Waals surface area (Å²) in [6.45, 7) is 0. The average molecular weight is 228 g/mol. The van der Waals surface area contributed by atoms with Gasteiger partial charge in [-0.05, 0) is 18.4 Å². The molecule has 1 aromatic rings. The summed E-state index contributed by atoms with van der Waals surface area (Å²) < 4.78 is 5.80. The molecular weight excluding hydrogens is 212 g/mol. The summed E-state index contributed by atoms with van der Waals surface area (Å²) in [7, 11) is 0. The Morgan fingerprint density at radius 1 is 1.24 bits per heavy atom. The zero-order chi connectivity index (χ0) is 12.1. The van der Waals surface area contributed by atoms with Crippen LogP contribution in [0.25, 0.3) is 0 Å². The topological polar surface area (TPSA) is 29.5 Å². The molecule has 0 amide bonds. The fourth-order valence-electron chi connectivity index (χ4n) is 1.94. The molecule has 88 valence electrons. The second-order valence-corrected chi connectivity index (χ2v) is 4.14. The molecule has 1 aromatic carbocycles. The van der Waals surface area contributed by atoms with Crippen LogP contribution in [-0.4, -0.2) is 17.3 Å². The summed E-state index contributed by atoms with van der Waals surface area (Å²) in [6, 6.07) is 9.68. The van der Waals surface area contributed by atoms with Gasteiger partial charge in [0, 0.05) is 0 Å². The second-order valence-electron chi connectivity index (χ2n) is 4.14. The summed E-state index contributed by atoms with van der Waals surface area (Å²) in [4.78, 5) is 0. The Morgan fingerprint density at radius 3 is 2.59 bits per heavy atom. The highest BCUT2D eigenvalue weighted by Crippen LogP contribution is 2.24. The van der Waals surface area contributed by atoms with Crippen molar-refractivity contribution in [3.8, 4) is 12.3 Å². The first-order valence-electron chi connectivity index (χ1n) is 5.81. The van der Waals surface area contributed by atoms with E-state index in [2.05, 4.69) is 5.92 Å². The highest BCUT2D eigenvalue weighted by molar-refractivity contribution is 5.23. The molecule has 3 atom stereocenters. The molecule has 0 fully saturated rings. The van der Waals surface area contributed by atoms with Crippen molar-refractivity contribution in [2.75, 3.05) is 0 Å². The van der Waals surface area contributed by atoms with Crippen LogP contribution in [0, 0.1) is 12.3 Å². The van der Waals surface area contributed by atoms with Crippen LogP contribution in [0.1, 0.15) is 24.5 Å². The number of ether oxygens (including phenoxy) is 1.